The van der Waals surface area contributed by atoms with Crippen LogP contribution in [0, 0.1) is 0 Å². The fourth-order valence-corrected chi connectivity index (χ4v) is 8.66. The van der Waals surface area contributed by atoms with Crippen LogP contribution in [0.4, 0.5) is 0 Å². The Morgan fingerprint density at radius 1 is 0.385 bits per heavy atom. The van der Waals surface area contributed by atoms with E-state index in [2.05, 4.69) is 150 Å². The maximum Gasteiger partial charge on any atom is 0.235 e. The average Bonchev–Trinajstić information content (AvgIpc) is 3.86. The Balaban J connectivity index is 1.20. The van der Waals surface area contributed by atoms with Gasteiger partial charge in [-0.25, -0.2) is 9.97 Å². The van der Waals surface area contributed by atoms with Gasteiger partial charge in [-0.1, -0.05) is 121 Å². The summed E-state index contributed by atoms with van der Waals surface area (Å²) in [5, 5.41) is 8.20. The van der Waals surface area contributed by atoms with Gasteiger partial charge in [-0.3, -0.25) is 4.57 Å². The highest BCUT2D eigenvalue weighted by Gasteiger charge is 2.26. The first kappa shape index (κ1) is 27.7. The first-order valence-corrected chi connectivity index (χ1v) is 17.7. The lowest BCUT2D eigenvalue weighted by molar-refractivity contribution is 0.669. The maximum atomic E-state index is 6.18. The van der Waals surface area contributed by atoms with Gasteiger partial charge >= 0.3 is 0 Å². The number of rotatable bonds is 3. The third-order valence-electron chi connectivity index (χ3n) is 10.9. The van der Waals surface area contributed by atoms with Gasteiger partial charge in [0.05, 0.1) is 22.2 Å². The quantitative estimate of drug-likeness (QED) is 0.189. The molecule has 0 atom stereocenters. The molecular weight excluding hydrogens is 635 g/mol. The molecule has 8 aromatic carbocycles. The molecule has 0 N–H and O–H groups in total. The molecular formula is C48H27N3O. The molecule has 3 aromatic heterocycles. The van der Waals surface area contributed by atoms with Crippen molar-refractivity contribution < 1.29 is 4.42 Å². The van der Waals surface area contributed by atoms with E-state index in [1.165, 1.54) is 43.8 Å². The average molecular weight is 662 g/mol. The van der Waals surface area contributed by atoms with Crippen LogP contribution in [-0.4, -0.2) is 14.5 Å². The van der Waals surface area contributed by atoms with Gasteiger partial charge in [0.1, 0.15) is 11.2 Å². The van der Waals surface area contributed by atoms with Crippen molar-refractivity contribution >= 4 is 65.4 Å². The smallest absolute Gasteiger partial charge is 0.235 e. The molecule has 0 unspecified atom stereocenters. The van der Waals surface area contributed by atoms with Crippen LogP contribution in [0.5, 0.6) is 0 Å². The minimum atomic E-state index is 0.658. The monoisotopic (exact) mass is 661 g/mol. The normalized spacial score (nSPS) is 12.2. The zero-order valence-electron chi connectivity index (χ0n) is 27.8. The molecule has 52 heavy (non-hydrogen) atoms. The van der Waals surface area contributed by atoms with Gasteiger partial charge in [-0.2, -0.15) is 0 Å². The van der Waals surface area contributed by atoms with Gasteiger partial charge < -0.3 is 4.42 Å². The summed E-state index contributed by atoms with van der Waals surface area (Å²) >= 11 is 0. The van der Waals surface area contributed by atoms with Crippen molar-refractivity contribution in [3.63, 3.8) is 0 Å². The summed E-state index contributed by atoms with van der Waals surface area (Å²) in [7, 11) is 0. The Bertz CT molecular complexity index is 3300. The minimum absolute atomic E-state index is 0.658. The zero-order chi connectivity index (χ0) is 33.9. The number of benzene rings is 8. The Kier molecular flexibility index (Phi) is 5.47. The van der Waals surface area contributed by atoms with E-state index in [1.54, 1.807) is 0 Å². The standard InChI is InChI=1S/C48H27N3O/c1-2-11-28(12-3-1)47-35-16-6-8-19-40(35)49-48(50-47)51-41-23-21-29(30-22-24-44-37(25-30)33-15-7-9-20-43(33)52-44)26-39(41)46-36-18-10-17-34-31-13-4-5-14-32(31)38(45(34)36)27-42(46)51/h1-27H. The minimum Gasteiger partial charge on any atom is -0.456 e. The van der Waals surface area contributed by atoms with Crippen molar-refractivity contribution in [2.75, 3.05) is 0 Å². The van der Waals surface area contributed by atoms with Crippen LogP contribution in [0.1, 0.15) is 0 Å². The zero-order valence-corrected chi connectivity index (χ0v) is 27.8. The predicted molar refractivity (Wildman–Crippen MR) is 214 cm³/mol. The summed E-state index contributed by atoms with van der Waals surface area (Å²) in [4.78, 5) is 10.7. The molecule has 11 aromatic rings. The van der Waals surface area contributed by atoms with E-state index in [0.29, 0.717) is 5.95 Å². The van der Waals surface area contributed by atoms with Crippen LogP contribution in [0.2, 0.25) is 0 Å². The van der Waals surface area contributed by atoms with Crippen molar-refractivity contribution in [3.05, 3.63) is 164 Å². The van der Waals surface area contributed by atoms with E-state index >= 15 is 0 Å². The lowest BCUT2D eigenvalue weighted by atomic mass is 9.96. The molecule has 0 saturated heterocycles. The van der Waals surface area contributed by atoms with Gasteiger partial charge in [0.25, 0.3) is 0 Å². The second-order valence-electron chi connectivity index (χ2n) is 13.7. The molecule has 0 radical (unpaired) electrons. The first-order chi connectivity index (χ1) is 25.8. The SMILES string of the molecule is c1ccc(-c2nc(-n3c4ccc(-c5ccc6oc7ccccc7c6c5)cc4c4c5cccc6c5c(cc43)-c3ccccc3-6)nc3ccccc23)cc1. The summed E-state index contributed by atoms with van der Waals surface area (Å²) in [5.74, 6) is 0.658. The van der Waals surface area contributed by atoms with Crippen molar-refractivity contribution in [1.82, 2.24) is 14.5 Å². The Hall–Kier alpha value is -7.04. The third-order valence-corrected chi connectivity index (χ3v) is 10.9. The molecule has 12 rings (SSSR count). The number of nitrogens with zero attached hydrogens (tertiary/aromatic N) is 3. The molecule has 0 saturated carbocycles. The molecule has 4 heteroatoms. The number of hydrogen-bond donors (Lipinski definition) is 0. The fourth-order valence-electron chi connectivity index (χ4n) is 8.66. The molecule has 4 nitrogen and oxygen atoms in total. The summed E-state index contributed by atoms with van der Waals surface area (Å²) in [6.45, 7) is 0. The Labute approximate surface area is 297 Å². The summed E-state index contributed by atoms with van der Waals surface area (Å²) < 4.78 is 8.46. The molecule has 0 bridgehead atoms. The highest BCUT2D eigenvalue weighted by atomic mass is 16.3. The van der Waals surface area contributed by atoms with Crippen LogP contribution in [0.3, 0.4) is 0 Å². The number of fused-ring (bicyclic) bond motifs is 11. The first-order valence-electron chi connectivity index (χ1n) is 17.7. The van der Waals surface area contributed by atoms with Crippen molar-refractivity contribution in [2.24, 2.45) is 0 Å². The van der Waals surface area contributed by atoms with E-state index in [0.717, 1.165) is 66.3 Å². The van der Waals surface area contributed by atoms with Gasteiger partial charge in [-0.05, 0) is 86.6 Å². The molecule has 1 aliphatic carbocycles. The van der Waals surface area contributed by atoms with Gasteiger partial charge in [0, 0.05) is 32.5 Å². The number of aromatic nitrogens is 3. The summed E-state index contributed by atoms with van der Waals surface area (Å²) in [6, 6.07) is 58.3. The second kappa shape index (κ2) is 10.3. The Morgan fingerprint density at radius 2 is 1.06 bits per heavy atom. The largest absolute Gasteiger partial charge is 0.456 e. The molecule has 240 valence electrons. The number of para-hydroxylation sites is 2. The van der Waals surface area contributed by atoms with Gasteiger partial charge in [0.2, 0.25) is 5.95 Å². The fraction of sp³-hybridized carbons (Fsp3) is 0. The summed E-state index contributed by atoms with van der Waals surface area (Å²) in [6.07, 6.45) is 0. The van der Waals surface area contributed by atoms with E-state index < -0.39 is 0 Å². The van der Waals surface area contributed by atoms with Gasteiger partial charge in [0.15, 0.2) is 0 Å². The van der Waals surface area contributed by atoms with Crippen LogP contribution in [-0.2, 0) is 0 Å². The molecule has 3 heterocycles. The number of furan rings is 1. The molecule has 0 aliphatic heterocycles. The molecule has 1 aliphatic rings. The van der Waals surface area contributed by atoms with E-state index in [4.69, 9.17) is 14.4 Å². The highest BCUT2D eigenvalue weighted by molar-refractivity contribution is 6.29. The second-order valence-corrected chi connectivity index (χ2v) is 13.7. The van der Waals surface area contributed by atoms with Crippen LogP contribution < -0.4 is 0 Å². The predicted octanol–water partition coefficient (Wildman–Crippen LogP) is 12.8. The lowest BCUT2D eigenvalue weighted by Gasteiger charge is -2.12. The maximum absolute atomic E-state index is 6.18. The van der Waals surface area contributed by atoms with E-state index in [-0.39, 0.29) is 0 Å². The molecule has 0 spiro atoms. The third kappa shape index (κ3) is 3.75. The van der Waals surface area contributed by atoms with E-state index in [1.807, 2.05) is 18.2 Å². The lowest BCUT2D eigenvalue weighted by Crippen LogP contribution is -2.03. The molecule has 0 amide bonds. The molecule has 0 fully saturated rings. The van der Waals surface area contributed by atoms with Crippen molar-refractivity contribution in [1.29, 1.82) is 0 Å². The van der Waals surface area contributed by atoms with Crippen molar-refractivity contribution in [3.8, 4) is 50.6 Å². The highest BCUT2D eigenvalue weighted by Crippen LogP contribution is 2.51. The number of hydrogen-bond acceptors (Lipinski definition) is 3. The van der Waals surface area contributed by atoms with Crippen LogP contribution in [0.25, 0.3) is 116 Å². The Morgan fingerprint density at radius 3 is 1.94 bits per heavy atom. The van der Waals surface area contributed by atoms with E-state index in [9.17, 15) is 0 Å². The van der Waals surface area contributed by atoms with Gasteiger partial charge in [-0.15, -0.1) is 0 Å². The van der Waals surface area contributed by atoms with Crippen LogP contribution in [0.15, 0.2) is 168 Å². The van der Waals surface area contributed by atoms with Crippen molar-refractivity contribution in [2.45, 2.75) is 0 Å². The summed E-state index contributed by atoms with van der Waals surface area (Å²) in [5.41, 5.74) is 14.2. The topological polar surface area (TPSA) is 43.9 Å². The van der Waals surface area contributed by atoms with Crippen LogP contribution >= 0.6 is 0 Å².